The van der Waals surface area contributed by atoms with Crippen LogP contribution in [0, 0.1) is 11.8 Å². The molecule has 0 amide bonds. The molecule has 2 unspecified atom stereocenters. The van der Waals surface area contributed by atoms with Crippen LogP contribution in [0.2, 0.25) is 0 Å². The van der Waals surface area contributed by atoms with Crippen molar-refractivity contribution in [3.63, 3.8) is 0 Å². The van der Waals surface area contributed by atoms with E-state index >= 15 is 0 Å². The summed E-state index contributed by atoms with van der Waals surface area (Å²) in [5.74, 6) is 0.0550. The Morgan fingerprint density at radius 1 is 1.30 bits per heavy atom. The van der Waals surface area contributed by atoms with Crippen molar-refractivity contribution in [1.82, 2.24) is 10.2 Å². The highest BCUT2D eigenvalue weighted by Gasteiger charge is 2.31. The quantitative estimate of drug-likeness (QED) is 0.927. The molecule has 0 bridgehead atoms. The molecule has 2 heterocycles. The highest BCUT2D eigenvalue weighted by molar-refractivity contribution is 7.18. The number of benzene rings is 1. The first-order chi connectivity index (χ1) is 11.1. The standard InChI is InChI=1S/C16H19N3O3S/c1-10-7-12(15(20)21)9-19(8-10)16-18-17-14(23-16)11-3-5-13(22-2)6-4-11/h3-6,10,12H,7-9H2,1-2H3,(H,20,21). The molecule has 7 heteroatoms. The van der Waals surface area contributed by atoms with Crippen LogP contribution in [0.25, 0.3) is 10.6 Å². The molecule has 0 aliphatic carbocycles. The Bertz CT molecular complexity index is 686. The minimum Gasteiger partial charge on any atom is -0.497 e. The molecule has 6 nitrogen and oxygen atoms in total. The lowest BCUT2D eigenvalue weighted by Gasteiger charge is -2.34. The van der Waals surface area contributed by atoms with Crippen LogP contribution >= 0.6 is 11.3 Å². The minimum atomic E-state index is -0.735. The first-order valence-corrected chi connectivity index (χ1v) is 8.34. The topological polar surface area (TPSA) is 75.6 Å². The summed E-state index contributed by atoms with van der Waals surface area (Å²) in [6.07, 6.45) is 0.718. The summed E-state index contributed by atoms with van der Waals surface area (Å²) in [6.45, 7) is 3.39. The maximum absolute atomic E-state index is 11.3. The van der Waals surface area contributed by atoms with Gasteiger partial charge in [0, 0.05) is 18.7 Å². The first-order valence-electron chi connectivity index (χ1n) is 7.52. The van der Waals surface area contributed by atoms with Crippen molar-refractivity contribution in [2.24, 2.45) is 11.8 Å². The Morgan fingerprint density at radius 2 is 2.04 bits per heavy atom. The van der Waals surface area contributed by atoms with Crippen molar-refractivity contribution in [1.29, 1.82) is 0 Å². The number of piperidine rings is 1. The number of carbonyl (C=O) groups is 1. The van der Waals surface area contributed by atoms with E-state index in [4.69, 9.17) is 4.74 Å². The molecule has 23 heavy (non-hydrogen) atoms. The molecule has 1 aliphatic heterocycles. The van der Waals surface area contributed by atoms with E-state index in [1.165, 1.54) is 11.3 Å². The average Bonchev–Trinajstić information content (AvgIpc) is 3.04. The summed E-state index contributed by atoms with van der Waals surface area (Å²) in [6, 6.07) is 7.67. The van der Waals surface area contributed by atoms with Crippen LogP contribution in [-0.2, 0) is 4.79 Å². The number of aliphatic carboxylic acids is 1. The summed E-state index contributed by atoms with van der Waals surface area (Å²) in [5.41, 5.74) is 0.981. The molecule has 122 valence electrons. The smallest absolute Gasteiger partial charge is 0.308 e. The molecule has 0 saturated carbocycles. The molecule has 2 aromatic rings. The molecule has 3 rings (SSSR count). The zero-order chi connectivity index (χ0) is 16.4. The number of methoxy groups -OCH3 is 1. The van der Waals surface area contributed by atoms with Crippen molar-refractivity contribution in [3.05, 3.63) is 24.3 Å². The van der Waals surface area contributed by atoms with Gasteiger partial charge in [0.15, 0.2) is 0 Å². The van der Waals surface area contributed by atoms with Gasteiger partial charge in [-0.25, -0.2) is 0 Å². The number of rotatable bonds is 4. The lowest BCUT2D eigenvalue weighted by molar-refractivity contribution is -0.142. The summed E-state index contributed by atoms with van der Waals surface area (Å²) in [7, 11) is 1.63. The van der Waals surface area contributed by atoms with Gasteiger partial charge in [-0.3, -0.25) is 4.79 Å². The molecular weight excluding hydrogens is 314 g/mol. The number of carboxylic acid groups (broad SMARTS) is 1. The van der Waals surface area contributed by atoms with E-state index in [-0.39, 0.29) is 5.92 Å². The fraction of sp³-hybridized carbons (Fsp3) is 0.438. The summed E-state index contributed by atoms with van der Waals surface area (Å²) in [5, 5.41) is 19.4. The van der Waals surface area contributed by atoms with Crippen molar-refractivity contribution >= 4 is 22.4 Å². The van der Waals surface area contributed by atoms with E-state index in [1.54, 1.807) is 7.11 Å². The second-order valence-electron chi connectivity index (χ2n) is 5.90. The van der Waals surface area contributed by atoms with Crippen LogP contribution in [0.3, 0.4) is 0 Å². The molecular formula is C16H19N3O3S. The maximum atomic E-state index is 11.3. The molecule has 1 N–H and O–H groups in total. The van der Waals surface area contributed by atoms with E-state index in [0.717, 1.165) is 34.4 Å². The van der Waals surface area contributed by atoms with Gasteiger partial charge in [-0.05, 0) is 36.6 Å². The van der Waals surface area contributed by atoms with Gasteiger partial charge in [-0.2, -0.15) is 0 Å². The van der Waals surface area contributed by atoms with Crippen LogP contribution in [0.5, 0.6) is 5.75 Å². The summed E-state index contributed by atoms with van der Waals surface area (Å²) >= 11 is 1.49. The normalized spacial score (nSPS) is 21.2. The van der Waals surface area contributed by atoms with E-state index in [2.05, 4.69) is 17.1 Å². The number of hydrogen-bond acceptors (Lipinski definition) is 6. The predicted molar refractivity (Wildman–Crippen MR) is 89.0 cm³/mol. The van der Waals surface area contributed by atoms with Crippen LogP contribution in [-0.4, -0.2) is 41.5 Å². The number of ether oxygens (including phenoxy) is 1. The molecule has 1 fully saturated rings. The predicted octanol–water partition coefficient (Wildman–Crippen LogP) is 2.76. The largest absolute Gasteiger partial charge is 0.497 e. The minimum absolute atomic E-state index is 0.332. The lowest BCUT2D eigenvalue weighted by atomic mass is 9.91. The monoisotopic (exact) mass is 333 g/mol. The highest BCUT2D eigenvalue weighted by Crippen LogP contribution is 2.33. The van der Waals surface area contributed by atoms with Crippen molar-refractivity contribution in [3.8, 4) is 16.3 Å². The number of hydrogen-bond donors (Lipinski definition) is 1. The second-order valence-corrected chi connectivity index (χ2v) is 6.86. The van der Waals surface area contributed by atoms with Crippen LogP contribution < -0.4 is 9.64 Å². The fourth-order valence-corrected chi connectivity index (χ4v) is 3.75. The Balaban J connectivity index is 1.79. The third-order valence-corrected chi connectivity index (χ3v) is 5.06. The zero-order valence-electron chi connectivity index (χ0n) is 13.1. The molecule has 1 aliphatic rings. The van der Waals surface area contributed by atoms with Gasteiger partial charge in [0.25, 0.3) is 0 Å². The zero-order valence-corrected chi connectivity index (χ0v) is 13.9. The maximum Gasteiger partial charge on any atom is 0.308 e. The number of anilines is 1. The van der Waals surface area contributed by atoms with Gasteiger partial charge < -0.3 is 14.7 Å². The second kappa shape index (κ2) is 6.54. The van der Waals surface area contributed by atoms with E-state index < -0.39 is 5.97 Å². The van der Waals surface area contributed by atoms with E-state index in [9.17, 15) is 9.90 Å². The van der Waals surface area contributed by atoms with Crippen LogP contribution in [0.15, 0.2) is 24.3 Å². The van der Waals surface area contributed by atoms with E-state index in [0.29, 0.717) is 12.5 Å². The molecule has 1 aromatic heterocycles. The molecule has 0 spiro atoms. The Kier molecular flexibility index (Phi) is 4.47. The number of aromatic nitrogens is 2. The molecule has 1 aromatic carbocycles. The van der Waals surface area contributed by atoms with Gasteiger partial charge >= 0.3 is 5.97 Å². The van der Waals surface area contributed by atoms with Crippen LogP contribution in [0.1, 0.15) is 13.3 Å². The van der Waals surface area contributed by atoms with E-state index in [1.807, 2.05) is 29.2 Å². The lowest BCUT2D eigenvalue weighted by Crippen LogP contribution is -2.42. The van der Waals surface area contributed by atoms with Gasteiger partial charge in [-0.15, -0.1) is 10.2 Å². The molecule has 0 radical (unpaired) electrons. The SMILES string of the molecule is COc1ccc(-c2nnc(N3CC(C)CC(C(=O)O)C3)s2)cc1. The number of carboxylic acids is 1. The van der Waals surface area contributed by atoms with Crippen LogP contribution in [0.4, 0.5) is 5.13 Å². The average molecular weight is 333 g/mol. The van der Waals surface area contributed by atoms with Gasteiger partial charge in [0.05, 0.1) is 13.0 Å². The third-order valence-electron chi connectivity index (χ3n) is 4.03. The van der Waals surface area contributed by atoms with Gasteiger partial charge in [-0.1, -0.05) is 18.3 Å². The molecule has 2 atom stereocenters. The highest BCUT2D eigenvalue weighted by atomic mass is 32.1. The summed E-state index contributed by atoms with van der Waals surface area (Å²) in [4.78, 5) is 13.3. The fourth-order valence-electron chi connectivity index (χ4n) is 2.88. The van der Waals surface area contributed by atoms with Crippen molar-refractivity contribution in [2.75, 3.05) is 25.1 Å². The van der Waals surface area contributed by atoms with Crippen molar-refractivity contribution in [2.45, 2.75) is 13.3 Å². The van der Waals surface area contributed by atoms with Gasteiger partial charge in [0.2, 0.25) is 5.13 Å². The van der Waals surface area contributed by atoms with Gasteiger partial charge in [0.1, 0.15) is 10.8 Å². The third kappa shape index (κ3) is 3.44. The Hall–Kier alpha value is -2.15. The first kappa shape index (κ1) is 15.7. The Morgan fingerprint density at radius 3 is 2.70 bits per heavy atom. The summed E-state index contributed by atoms with van der Waals surface area (Å²) < 4.78 is 5.15. The van der Waals surface area contributed by atoms with Crippen molar-refractivity contribution < 1.29 is 14.6 Å². The number of nitrogens with zero attached hydrogens (tertiary/aromatic N) is 3. The Labute approximate surface area is 138 Å². The molecule has 1 saturated heterocycles.